The van der Waals surface area contributed by atoms with Gasteiger partial charge in [-0.15, -0.1) is 0 Å². The predicted molar refractivity (Wildman–Crippen MR) is 93.7 cm³/mol. The summed E-state index contributed by atoms with van der Waals surface area (Å²) in [4.78, 5) is 29.1. The first-order valence-corrected chi connectivity index (χ1v) is 8.41. The number of hydrogen-bond donors (Lipinski definition) is 2. The average Bonchev–Trinajstić information content (AvgIpc) is 3.16. The number of rotatable bonds is 5. The molecule has 0 saturated heterocycles. The van der Waals surface area contributed by atoms with Crippen molar-refractivity contribution in [1.82, 2.24) is 29.7 Å². The number of H-pyrrole nitrogens is 1. The molecule has 0 spiro atoms. The minimum absolute atomic E-state index is 0.290. The number of nitrogens with zero attached hydrogens (tertiary/aromatic N) is 4. The Morgan fingerprint density at radius 1 is 1.19 bits per heavy atom. The number of aromatic nitrogens is 5. The van der Waals surface area contributed by atoms with E-state index in [1.807, 2.05) is 0 Å². The van der Waals surface area contributed by atoms with Gasteiger partial charge in [-0.05, 0) is 33.8 Å². The third-order valence-corrected chi connectivity index (χ3v) is 4.31. The number of carbonyl (C=O) groups is 1. The highest BCUT2D eigenvalue weighted by Gasteiger charge is 2.23. The summed E-state index contributed by atoms with van der Waals surface area (Å²) < 4.78 is 28.2. The first-order valence-electron chi connectivity index (χ1n) is 8.41. The van der Waals surface area contributed by atoms with Crippen molar-refractivity contribution in [3.05, 3.63) is 51.3 Å². The van der Waals surface area contributed by atoms with Crippen molar-refractivity contribution in [3.63, 3.8) is 0 Å². The highest BCUT2D eigenvalue weighted by molar-refractivity contribution is 5.80. The van der Waals surface area contributed by atoms with Gasteiger partial charge in [0.25, 0.3) is 12.0 Å². The summed E-state index contributed by atoms with van der Waals surface area (Å²) in [5.41, 5.74) is 1.44. The fraction of sp³-hybridized carbons (Fsp3) is 0.412. The van der Waals surface area contributed by atoms with Gasteiger partial charge in [-0.25, -0.2) is 18.3 Å². The minimum atomic E-state index is -2.70. The van der Waals surface area contributed by atoms with E-state index in [4.69, 9.17) is 0 Å². The van der Waals surface area contributed by atoms with E-state index in [9.17, 15) is 18.4 Å². The zero-order valence-corrected chi connectivity index (χ0v) is 15.3. The van der Waals surface area contributed by atoms with Gasteiger partial charge in [-0.3, -0.25) is 19.4 Å². The number of fused-ring (bicyclic) bond motifs is 1. The summed E-state index contributed by atoms with van der Waals surface area (Å²) in [6, 6.07) is 2.98. The lowest BCUT2D eigenvalue weighted by Gasteiger charge is -2.18. The molecule has 0 aromatic carbocycles. The van der Waals surface area contributed by atoms with E-state index in [1.165, 1.54) is 21.3 Å². The van der Waals surface area contributed by atoms with E-state index >= 15 is 0 Å². The van der Waals surface area contributed by atoms with Crippen LogP contribution in [0.15, 0.2) is 23.0 Å². The SMILES string of the molecule is Cc1cc2nc([C@H](C)NC(=O)[C@@H](C)n3nc(C(F)F)cc3C)cc(=O)n2[nH]1. The molecule has 0 aliphatic carbocycles. The second-order valence-electron chi connectivity index (χ2n) is 6.51. The molecule has 0 aliphatic heterocycles. The Kier molecular flexibility index (Phi) is 4.81. The molecule has 8 nitrogen and oxygen atoms in total. The maximum Gasteiger partial charge on any atom is 0.282 e. The molecule has 1 amide bonds. The largest absolute Gasteiger partial charge is 0.346 e. The lowest BCUT2D eigenvalue weighted by molar-refractivity contribution is -0.124. The van der Waals surface area contributed by atoms with Crippen molar-refractivity contribution in [2.45, 2.75) is 46.2 Å². The van der Waals surface area contributed by atoms with Gasteiger partial charge in [0.15, 0.2) is 5.65 Å². The summed E-state index contributed by atoms with van der Waals surface area (Å²) in [5, 5.41) is 9.42. The zero-order chi connectivity index (χ0) is 19.9. The summed E-state index contributed by atoms with van der Waals surface area (Å²) in [6.45, 7) is 6.68. The van der Waals surface area contributed by atoms with Crippen molar-refractivity contribution in [3.8, 4) is 0 Å². The Bertz CT molecular complexity index is 1050. The number of aryl methyl sites for hydroxylation is 2. The molecule has 0 radical (unpaired) electrons. The number of carbonyl (C=O) groups excluding carboxylic acids is 1. The van der Waals surface area contributed by atoms with Crippen molar-refractivity contribution >= 4 is 11.6 Å². The topological polar surface area (TPSA) is 97.1 Å². The molecular formula is C17H20F2N6O2. The molecule has 0 unspecified atom stereocenters. The van der Waals surface area contributed by atoms with Crippen LogP contribution in [0, 0.1) is 13.8 Å². The number of amides is 1. The Morgan fingerprint density at radius 3 is 2.52 bits per heavy atom. The summed E-state index contributed by atoms with van der Waals surface area (Å²) in [6.07, 6.45) is -2.70. The van der Waals surface area contributed by atoms with E-state index in [0.717, 1.165) is 5.69 Å². The van der Waals surface area contributed by atoms with Gasteiger partial charge < -0.3 is 5.32 Å². The van der Waals surface area contributed by atoms with Crippen LogP contribution in [0.4, 0.5) is 8.78 Å². The number of hydrogen-bond acceptors (Lipinski definition) is 4. The van der Waals surface area contributed by atoms with Crippen molar-refractivity contribution < 1.29 is 13.6 Å². The molecule has 10 heteroatoms. The Morgan fingerprint density at radius 2 is 1.89 bits per heavy atom. The number of alkyl halides is 2. The third-order valence-electron chi connectivity index (χ3n) is 4.31. The normalized spacial score (nSPS) is 13.9. The first kappa shape index (κ1) is 18.7. The molecule has 3 aromatic rings. The van der Waals surface area contributed by atoms with Gasteiger partial charge in [0.1, 0.15) is 11.7 Å². The lowest BCUT2D eigenvalue weighted by atomic mass is 10.2. The molecule has 3 rings (SSSR count). The molecule has 0 saturated carbocycles. The summed E-state index contributed by atoms with van der Waals surface area (Å²) in [7, 11) is 0. The average molecular weight is 378 g/mol. The smallest absolute Gasteiger partial charge is 0.282 e. The highest BCUT2D eigenvalue weighted by atomic mass is 19.3. The second-order valence-corrected chi connectivity index (χ2v) is 6.51. The van der Waals surface area contributed by atoms with Gasteiger partial charge in [0, 0.05) is 23.5 Å². The third kappa shape index (κ3) is 3.60. The van der Waals surface area contributed by atoms with Crippen LogP contribution in [0.2, 0.25) is 0 Å². The Balaban J connectivity index is 1.80. The monoisotopic (exact) mass is 378 g/mol. The first-order chi connectivity index (χ1) is 12.7. The highest BCUT2D eigenvalue weighted by Crippen LogP contribution is 2.21. The lowest BCUT2D eigenvalue weighted by Crippen LogP contribution is -2.34. The van der Waals surface area contributed by atoms with E-state index in [2.05, 4.69) is 20.5 Å². The molecule has 2 atom stereocenters. The maximum atomic E-state index is 12.8. The van der Waals surface area contributed by atoms with Crippen LogP contribution in [0.5, 0.6) is 0 Å². The number of nitrogens with one attached hydrogen (secondary N) is 2. The van der Waals surface area contributed by atoms with Gasteiger partial charge >= 0.3 is 0 Å². The van der Waals surface area contributed by atoms with Crippen LogP contribution in [0.1, 0.15) is 55.1 Å². The fourth-order valence-corrected chi connectivity index (χ4v) is 2.88. The zero-order valence-electron chi connectivity index (χ0n) is 15.3. The van der Waals surface area contributed by atoms with Crippen molar-refractivity contribution in [2.24, 2.45) is 0 Å². The second kappa shape index (κ2) is 6.93. The molecule has 2 N–H and O–H groups in total. The van der Waals surface area contributed by atoms with E-state index in [-0.39, 0.29) is 11.3 Å². The number of aromatic amines is 1. The number of halogens is 2. The Labute approximate surface area is 153 Å². The molecule has 144 valence electrons. The molecule has 3 heterocycles. The fourth-order valence-electron chi connectivity index (χ4n) is 2.88. The van der Waals surface area contributed by atoms with Gasteiger partial charge in [-0.2, -0.15) is 5.10 Å². The van der Waals surface area contributed by atoms with E-state index in [0.29, 0.717) is 17.0 Å². The van der Waals surface area contributed by atoms with Gasteiger partial charge in [-0.1, -0.05) is 0 Å². The van der Waals surface area contributed by atoms with Gasteiger partial charge in [0.2, 0.25) is 5.91 Å². The molecule has 27 heavy (non-hydrogen) atoms. The van der Waals surface area contributed by atoms with Crippen molar-refractivity contribution in [1.29, 1.82) is 0 Å². The maximum absolute atomic E-state index is 12.8. The molecular weight excluding hydrogens is 358 g/mol. The molecule has 0 bridgehead atoms. The van der Waals surface area contributed by atoms with Crippen LogP contribution < -0.4 is 10.9 Å². The van der Waals surface area contributed by atoms with E-state index in [1.54, 1.807) is 33.8 Å². The molecule has 0 aliphatic rings. The summed E-state index contributed by atoms with van der Waals surface area (Å²) >= 11 is 0. The van der Waals surface area contributed by atoms with Crippen LogP contribution >= 0.6 is 0 Å². The molecule has 0 fully saturated rings. The van der Waals surface area contributed by atoms with Crippen molar-refractivity contribution in [2.75, 3.05) is 0 Å². The Hall–Kier alpha value is -3.04. The minimum Gasteiger partial charge on any atom is -0.346 e. The molecule has 3 aromatic heterocycles. The van der Waals surface area contributed by atoms with E-state index < -0.39 is 24.4 Å². The van der Waals surface area contributed by atoms with Crippen LogP contribution in [0.25, 0.3) is 5.65 Å². The standard InChI is InChI=1S/C17H20F2N6O2/c1-8-5-14-21-12(7-15(26)25(14)22-8)10(3)20-17(27)11(4)24-9(2)6-13(23-24)16(18)19/h5-7,10-11,16,22H,1-4H3,(H,20,27)/t10-,11+/m0/s1. The van der Waals surface area contributed by atoms with Crippen LogP contribution in [-0.2, 0) is 4.79 Å². The quantitative estimate of drug-likeness (QED) is 0.711. The van der Waals surface area contributed by atoms with Crippen LogP contribution in [-0.4, -0.2) is 30.3 Å². The van der Waals surface area contributed by atoms with Crippen LogP contribution in [0.3, 0.4) is 0 Å². The predicted octanol–water partition coefficient (Wildman–Crippen LogP) is 2.21. The van der Waals surface area contributed by atoms with Gasteiger partial charge in [0.05, 0.1) is 11.7 Å². The summed E-state index contributed by atoms with van der Waals surface area (Å²) in [5.74, 6) is -0.415.